The van der Waals surface area contributed by atoms with Gasteiger partial charge in [-0.25, -0.2) is 14.4 Å². The van der Waals surface area contributed by atoms with E-state index in [1.165, 1.54) is 36.5 Å². The van der Waals surface area contributed by atoms with Crippen LogP contribution in [0, 0.1) is 5.82 Å². The van der Waals surface area contributed by atoms with E-state index in [0.717, 1.165) is 0 Å². The minimum atomic E-state index is -0.528. The predicted molar refractivity (Wildman–Crippen MR) is 82.6 cm³/mol. The number of hydrogen-bond donors (Lipinski definition) is 2. The predicted octanol–water partition coefficient (Wildman–Crippen LogP) is 3.16. The number of rotatable bonds is 3. The summed E-state index contributed by atoms with van der Waals surface area (Å²) in [5.41, 5.74) is 6.62. The Morgan fingerprint density at radius 1 is 1.32 bits per heavy atom. The molecule has 3 rings (SSSR count). The normalized spacial score (nSPS) is 10.6. The number of hydrogen-bond acceptors (Lipinski definition) is 6. The molecule has 0 aliphatic rings. The number of amides is 1. The maximum Gasteiger partial charge on any atom is 0.223 e. The Balaban J connectivity index is 1.91. The average Bonchev–Trinajstić information content (AvgIpc) is 2.83. The van der Waals surface area contributed by atoms with Gasteiger partial charge in [0.2, 0.25) is 11.8 Å². The van der Waals surface area contributed by atoms with E-state index in [9.17, 15) is 9.18 Å². The van der Waals surface area contributed by atoms with Crippen LogP contribution in [-0.4, -0.2) is 15.9 Å². The number of ether oxygens (including phenoxy) is 1. The summed E-state index contributed by atoms with van der Waals surface area (Å²) in [5.74, 6) is -0.523. The molecule has 0 spiro atoms. The molecule has 0 atom stereocenters. The van der Waals surface area contributed by atoms with Crippen molar-refractivity contribution in [2.45, 2.75) is 6.92 Å². The van der Waals surface area contributed by atoms with E-state index < -0.39 is 5.82 Å². The maximum atomic E-state index is 13.7. The number of fused-ring (bicyclic) bond motifs is 1. The Hall–Kier alpha value is -2.74. The summed E-state index contributed by atoms with van der Waals surface area (Å²) in [6, 6.07) is 7.31. The van der Waals surface area contributed by atoms with Gasteiger partial charge in [0.05, 0.1) is 0 Å². The number of nitrogens with two attached hydrogens (primary N) is 1. The molecular formula is C14H11FN4O2S. The van der Waals surface area contributed by atoms with Crippen LogP contribution < -0.4 is 15.8 Å². The Morgan fingerprint density at radius 3 is 2.91 bits per heavy atom. The SMILES string of the molecule is CC(=O)Nc1nc2ccc(Oc3cc(N)ccc3F)nc2s1. The van der Waals surface area contributed by atoms with E-state index in [-0.39, 0.29) is 17.5 Å². The highest BCUT2D eigenvalue weighted by molar-refractivity contribution is 7.21. The second-order valence-corrected chi connectivity index (χ2v) is 5.44. The summed E-state index contributed by atoms with van der Waals surface area (Å²) >= 11 is 1.21. The van der Waals surface area contributed by atoms with Crippen LogP contribution in [0.3, 0.4) is 0 Å². The molecule has 0 radical (unpaired) electrons. The molecule has 112 valence electrons. The Bertz CT molecular complexity index is 865. The van der Waals surface area contributed by atoms with Gasteiger partial charge in [0.1, 0.15) is 10.3 Å². The lowest BCUT2D eigenvalue weighted by Gasteiger charge is -2.06. The molecule has 0 fully saturated rings. The third-order valence-electron chi connectivity index (χ3n) is 2.68. The molecule has 3 N–H and O–H groups in total. The summed E-state index contributed by atoms with van der Waals surface area (Å²) in [4.78, 5) is 20.1. The number of benzene rings is 1. The van der Waals surface area contributed by atoms with Gasteiger partial charge in [-0.05, 0) is 18.2 Å². The number of nitrogens with one attached hydrogen (secondary N) is 1. The fraction of sp³-hybridized carbons (Fsp3) is 0.0714. The monoisotopic (exact) mass is 318 g/mol. The molecule has 3 aromatic rings. The van der Waals surface area contributed by atoms with Gasteiger partial charge in [0, 0.05) is 24.7 Å². The topological polar surface area (TPSA) is 90.1 Å². The lowest BCUT2D eigenvalue weighted by atomic mass is 10.3. The molecular weight excluding hydrogens is 307 g/mol. The van der Waals surface area contributed by atoms with Gasteiger partial charge < -0.3 is 15.8 Å². The van der Waals surface area contributed by atoms with Crippen molar-refractivity contribution < 1.29 is 13.9 Å². The zero-order valence-corrected chi connectivity index (χ0v) is 12.3. The number of thiazole rings is 1. The molecule has 0 bridgehead atoms. The zero-order chi connectivity index (χ0) is 15.7. The summed E-state index contributed by atoms with van der Waals surface area (Å²) in [7, 11) is 0. The van der Waals surface area contributed by atoms with Crippen LogP contribution in [0.15, 0.2) is 30.3 Å². The van der Waals surface area contributed by atoms with Gasteiger partial charge in [0.25, 0.3) is 0 Å². The van der Waals surface area contributed by atoms with Crippen LogP contribution >= 0.6 is 11.3 Å². The molecule has 0 aliphatic heterocycles. The van der Waals surface area contributed by atoms with Crippen LogP contribution in [0.2, 0.25) is 0 Å². The standard InChI is InChI=1S/C14H11FN4O2S/c1-7(20)17-14-18-10-4-5-12(19-13(10)22-14)21-11-6-8(16)2-3-9(11)15/h2-6H,16H2,1H3,(H,17,18,20). The number of carbonyl (C=O) groups is 1. The van der Waals surface area contributed by atoms with E-state index in [0.29, 0.717) is 21.2 Å². The van der Waals surface area contributed by atoms with E-state index in [4.69, 9.17) is 10.5 Å². The summed E-state index contributed by atoms with van der Waals surface area (Å²) in [6.45, 7) is 1.40. The molecule has 0 saturated heterocycles. The van der Waals surface area contributed by atoms with Crippen molar-refractivity contribution in [1.82, 2.24) is 9.97 Å². The number of pyridine rings is 1. The molecule has 2 heterocycles. The third-order valence-corrected chi connectivity index (χ3v) is 3.56. The molecule has 8 heteroatoms. The average molecular weight is 318 g/mol. The first-order valence-corrected chi connectivity index (χ1v) is 7.11. The van der Waals surface area contributed by atoms with Crippen LogP contribution in [0.5, 0.6) is 11.6 Å². The van der Waals surface area contributed by atoms with Crippen molar-refractivity contribution >= 4 is 38.4 Å². The number of carbonyl (C=O) groups excluding carboxylic acids is 1. The Kier molecular flexibility index (Phi) is 3.60. The van der Waals surface area contributed by atoms with Crippen LogP contribution in [0.25, 0.3) is 10.3 Å². The van der Waals surface area contributed by atoms with Crippen molar-refractivity contribution in [3.8, 4) is 11.6 Å². The minimum absolute atomic E-state index is 0.00144. The van der Waals surface area contributed by atoms with E-state index in [1.807, 2.05) is 0 Å². The van der Waals surface area contributed by atoms with E-state index in [1.54, 1.807) is 12.1 Å². The highest BCUT2D eigenvalue weighted by atomic mass is 32.1. The maximum absolute atomic E-state index is 13.7. The molecule has 0 saturated carbocycles. The number of aromatic nitrogens is 2. The number of nitrogen functional groups attached to an aromatic ring is 1. The van der Waals surface area contributed by atoms with Gasteiger partial charge in [-0.3, -0.25) is 4.79 Å². The van der Waals surface area contributed by atoms with Gasteiger partial charge in [0.15, 0.2) is 16.7 Å². The lowest BCUT2D eigenvalue weighted by molar-refractivity contribution is -0.114. The number of anilines is 2. The largest absolute Gasteiger partial charge is 0.436 e. The van der Waals surface area contributed by atoms with Crippen molar-refractivity contribution in [3.05, 3.63) is 36.1 Å². The first-order chi connectivity index (χ1) is 10.5. The Morgan fingerprint density at radius 2 is 2.14 bits per heavy atom. The quantitative estimate of drug-likeness (QED) is 0.724. The molecule has 6 nitrogen and oxygen atoms in total. The Labute approximate surface area is 128 Å². The van der Waals surface area contributed by atoms with Gasteiger partial charge in [-0.1, -0.05) is 11.3 Å². The molecule has 1 amide bonds. The van der Waals surface area contributed by atoms with E-state index in [2.05, 4.69) is 15.3 Å². The fourth-order valence-corrected chi connectivity index (χ4v) is 2.65. The van der Waals surface area contributed by atoms with Crippen LogP contribution in [0.1, 0.15) is 6.92 Å². The van der Waals surface area contributed by atoms with Gasteiger partial charge in [-0.2, -0.15) is 0 Å². The fourth-order valence-electron chi connectivity index (χ4n) is 1.77. The van der Waals surface area contributed by atoms with Crippen LogP contribution in [-0.2, 0) is 4.79 Å². The summed E-state index contributed by atoms with van der Waals surface area (Å²) in [5, 5.41) is 3.04. The van der Waals surface area contributed by atoms with E-state index >= 15 is 0 Å². The molecule has 22 heavy (non-hydrogen) atoms. The smallest absolute Gasteiger partial charge is 0.223 e. The van der Waals surface area contributed by atoms with Crippen molar-refractivity contribution in [1.29, 1.82) is 0 Å². The zero-order valence-electron chi connectivity index (χ0n) is 11.5. The molecule has 1 aromatic carbocycles. The number of nitrogens with zero attached hydrogens (tertiary/aromatic N) is 2. The second kappa shape index (κ2) is 5.57. The van der Waals surface area contributed by atoms with Crippen molar-refractivity contribution in [3.63, 3.8) is 0 Å². The van der Waals surface area contributed by atoms with Crippen molar-refractivity contribution in [2.24, 2.45) is 0 Å². The first kappa shape index (κ1) is 14.2. The van der Waals surface area contributed by atoms with Gasteiger partial charge >= 0.3 is 0 Å². The molecule has 0 aliphatic carbocycles. The molecule has 0 unspecified atom stereocenters. The first-order valence-electron chi connectivity index (χ1n) is 6.29. The third kappa shape index (κ3) is 2.96. The highest BCUT2D eigenvalue weighted by Crippen LogP contribution is 2.29. The molecule has 2 aromatic heterocycles. The van der Waals surface area contributed by atoms with Crippen molar-refractivity contribution in [2.75, 3.05) is 11.1 Å². The number of halogens is 1. The second-order valence-electron chi connectivity index (χ2n) is 4.47. The summed E-state index contributed by atoms with van der Waals surface area (Å²) in [6.07, 6.45) is 0. The lowest BCUT2D eigenvalue weighted by Crippen LogP contribution is -2.04. The minimum Gasteiger partial charge on any atom is -0.436 e. The highest BCUT2D eigenvalue weighted by Gasteiger charge is 2.10. The van der Waals surface area contributed by atoms with Crippen LogP contribution in [0.4, 0.5) is 15.2 Å². The van der Waals surface area contributed by atoms with Gasteiger partial charge in [-0.15, -0.1) is 0 Å². The summed E-state index contributed by atoms with van der Waals surface area (Å²) < 4.78 is 19.1.